The van der Waals surface area contributed by atoms with E-state index in [2.05, 4.69) is 4.74 Å². The minimum atomic E-state index is 0.393. The summed E-state index contributed by atoms with van der Waals surface area (Å²) in [5.74, 6) is 0. The van der Waals surface area contributed by atoms with E-state index in [1.165, 1.54) is 6.61 Å². The van der Waals surface area contributed by atoms with Crippen LogP contribution in [0.25, 0.3) is 0 Å². The lowest BCUT2D eigenvalue weighted by Gasteiger charge is -1.98. The van der Waals surface area contributed by atoms with E-state index in [9.17, 15) is 4.79 Å². The van der Waals surface area contributed by atoms with Crippen molar-refractivity contribution in [3.05, 3.63) is 41.5 Å². The van der Waals surface area contributed by atoms with E-state index in [4.69, 9.17) is 11.6 Å². The molecule has 0 atom stereocenters. The number of hydrogen-bond donors (Lipinski definition) is 0. The summed E-state index contributed by atoms with van der Waals surface area (Å²) in [6.45, 7) is 1.82. The van der Waals surface area contributed by atoms with Gasteiger partial charge in [-0.1, -0.05) is 23.7 Å². The van der Waals surface area contributed by atoms with E-state index in [1.807, 2.05) is 18.2 Å². The van der Waals surface area contributed by atoms with E-state index in [0.29, 0.717) is 17.9 Å². The number of benzene rings is 1. The maximum Gasteiger partial charge on any atom is 0.293 e. The molecule has 0 unspecified atom stereocenters. The van der Waals surface area contributed by atoms with Gasteiger partial charge in [0.15, 0.2) is 0 Å². The second kappa shape index (κ2) is 4.78. The topological polar surface area (TPSA) is 26.3 Å². The Morgan fingerprint density at radius 1 is 1.50 bits per heavy atom. The minimum Gasteiger partial charge on any atom is -0.460 e. The molecule has 0 aliphatic rings. The van der Waals surface area contributed by atoms with Crippen molar-refractivity contribution in [3.63, 3.8) is 0 Å². The predicted octanol–water partition coefficient (Wildman–Crippen LogP) is 2.22. The fourth-order valence-corrected chi connectivity index (χ4v) is 1.06. The molecule has 0 aliphatic heterocycles. The Kier molecular flexibility index (Phi) is 3.61. The Balaban J connectivity index is 2.46. The van der Waals surface area contributed by atoms with Gasteiger partial charge >= 0.3 is 0 Å². The lowest BCUT2D eigenvalue weighted by molar-refractivity contribution is -0.125. The van der Waals surface area contributed by atoms with Crippen LogP contribution in [0.3, 0.4) is 0 Å². The lowest BCUT2D eigenvalue weighted by atomic mass is 10.2. The molecule has 0 saturated heterocycles. The first-order valence-corrected chi connectivity index (χ1v) is 3.86. The standard InChI is InChI=1S/C9H8ClO2/c10-9-3-1-2-8(6-9)4-5-12-7-11/h1-3,5-7H,4H2. The van der Waals surface area contributed by atoms with Crippen molar-refractivity contribution in [1.29, 1.82) is 0 Å². The number of hydrogen-bond acceptors (Lipinski definition) is 2. The van der Waals surface area contributed by atoms with Crippen molar-refractivity contribution in [2.75, 3.05) is 0 Å². The molecular formula is C9H8ClO2. The van der Waals surface area contributed by atoms with Gasteiger partial charge in [0.2, 0.25) is 0 Å². The van der Waals surface area contributed by atoms with E-state index in [0.717, 1.165) is 5.56 Å². The predicted molar refractivity (Wildman–Crippen MR) is 46.6 cm³/mol. The van der Waals surface area contributed by atoms with Gasteiger partial charge in [0.1, 0.15) is 6.61 Å². The summed E-state index contributed by atoms with van der Waals surface area (Å²) < 4.78 is 4.43. The number of ether oxygens (including phenoxy) is 1. The van der Waals surface area contributed by atoms with Gasteiger partial charge in [-0.05, 0) is 17.7 Å². The van der Waals surface area contributed by atoms with E-state index < -0.39 is 0 Å². The van der Waals surface area contributed by atoms with Crippen LogP contribution in [-0.2, 0) is 16.0 Å². The normalized spacial score (nSPS) is 9.42. The first kappa shape index (κ1) is 9.07. The first-order chi connectivity index (χ1) is 5.83. The van der Waals surface area contributed by atoms with Gasteiger partial charge in [-0.15, -0.1) is 0 Å². The van der Waals surface area contributed by atoms with E-state index in [-0.39, 0.29) is 0 Å². The van der Waals surface area contributed by atoms with Gasteiger partial charge in [-0.25, -0.2) is 0 Å². The fourth-order valence-electron chi connectivity index (χ4n) is 0.848. The van der Waals surface area contributed by atoms with Crippen LogP contribution in [0, 0.1) is 6.61 Å². The SMILES string of the molecule is O=CO[CH]Cc1cccc(Cl)c1. The van der Waals surface area contributed by atoms with Gasteiger partial charge < -0.3 is 4.74 Å². The van der Waals surface area contributed by atoms with E-state index in [1.54, 1.807) is 6.07 Å². The number of carbonyl (C=O) groups excluding carboxylic acids is 1. The molecule has 3 heteroatoms. The molecule has 0 saturated carbocycles. The highest BCUT2D eigenvalue weighted by Gasteiger charge is 1.94. The number of rotatable bonds is 4. The van der Waals surface area contributed by atoms with Crippen LogP contribution in [0.1, 0.15) is 5.56 Å². The van der Waals surface area contributed by atoms with Crippen molar-refractivity contribution < 1.29 is 9.53 Å². The summed E-state index contributed by atoms with van der Waals surface area (Å²) in [6.07, 6.45) is 0.583. The number of halogens is 1. The maximum atomic E-state index is 9.78. The highest BCUT2D eigenvalue weighted by Crippen LogP contribution is 2.11. The number of carbonyl (C=O) groups is 1. The zero-order valence-corrected chi connectivity index (χ0v) is 7.12. The summed E-state index contributed by atoms with van der Waals surface area (Å²) >= 11 is 5.73. The lowest BCUT2D eigenvalue weighted by Crippen LogP contribution is -1.89. The quantitative estimate of drug-likeness (QED) is 0.529. The molecule has 12 heavy (non-hydrogen) atoms. The third kappa shape index (κ3) is 2.93. The van der Waals surface area contributed by atoms with Crippen molar-refractivity contribution in [3.8, 4) is 0 Å². The monoisotopic (exact) mass is 183 g/mol. The maximum absolute atomic E-state index is 9.78. The molecule has 1 aromatic carbocycles. The van der Waals surface area contributed by atoms with Crippen LogP contribution in [0.5, 0.6) is 0 Å². The van der Waals surface area contributed by atoms with Crippen LogP contribution in [0.2, 0.25) is 5.02 Å². The van der Waals surface area contributed by atoms with Gasteiger partial charge in [0.05, 0.1) is 0 Å². The first-order valence-electron chi connectivity index (χ1n) is 3.48. The van der Waals surface area contributed by atoms with Crippen LogP contribution >= 0.6 is 11.6 Å². The fraction of sp³-hybridized carbons (Fsp3) is 0.111. The molecule has 1 radical (unpaired) electrons. The molecule has 0 bridgehead atoms. The Hall–Kier alpha value is -1.02. The summed E-state index contributed by atoms with van der Waals surface area (Å²) in [6, 6.07) is 7.39. The third-order valence-corrected chi connectivity index (χ3v) is 1.59. The van der Waals surface area contributed by atoms with E-state index >= 15 is 0 Å². The molecule has 63 valence electrons. The average Bonchev–Trinajstić information content (AvgIpc) is 2.05. The molecule has 0 heterocycles. The smallest absolute Gasteiger partial charge is 0.293 e. The molecule has 0 aliphatic carbocycles. The zero-order chi connectivity index (χ0) is 8.81. The van der Waals surface area contributed by atoms with Crippen molar-refractivity contribution >= 4 is 18.1 Å². The average molecular weight is 184 g/mol. The van der Waals surface area contributed by atoms with Gasteiger partial charge in [-0.3, -0.25) is 4.79 Å². The minimum absolute atomic E-state index is 0.393. The largest absolute Gasteiger partial charge is 0.460 e. The Morgan fingerprint density at radius 2 is 2.33 bits per heavy atom. The molecular weight excluding hydrogens is 176 g/mol. The molecule has 0 fully saturated rings. The van der Waals surface area contributed by atoms with Crippen LogP contribution in [0.15, 0.2) is 24.3 Å². The Bertz CT molecular complexity index is 260. The molecule has 1 aromatic rings. The summed E-state index contributed by atoms with van der Waals surface area (Å²) in [4.78, 5) is 9.78. The second-order valence-corrected chi connectivity index (χ2v) is 2.67. The Labute approximate surface area is 76.1 Å². The van der Waals surface area contributed by atoms with Gasteiger partial charge in [-0.2, -0.15) is 0 Å². The van der Waals surface area contributed by atoms with Gasteiger partial charge in [0, 0.05) is 11.4 Å². The van der Waals surface area contributed by atoms with Crippen molar-refractivity contribution in [2.45, 2.75) is 6.42 Å². The summed E-state index contributed by atoms with van der Waals surface area (Å²) in [7, 11) is 0. The van der Waals surface area contributed by atoms with Gasteiger partial charge in [0.25, 0.3) is 6.47 Å². The van der Waals surface area contributed by atoms with Crippen LogP contribution in [-0.4, -0.2) is 6.47 Å². The van der Waals surface area contributed by atoms with Crippen LogP contribution in [0.4, 0.5) is 0 Å². The van der Waals surface area contributed by atoms with Crippen LogP contribution < -0.4 is 0 Å². The highest BCUT2D eigenvalue weighted by atomic mass is 35.5. The molecule has 0 amide bonds. The second-order valence-electron chi connectivity index (χ2n) is 2.23. The molecule has 0 aromatic heterocycles. The summed E-state index contributed by atoms with van der Waals surface area (Å²) in [5.41, 5.74) is 1.02. The molecule has 2 nitrogen and oxygen atoms in total. The molecule has 1 rings (SSSR count). The molecule has 0 spiro atoms. The zero-order valence-electron chi connectivity index (χ0n) is 6.37. The third-order valence-electron chi connectivity index (χ3n) is 1.36. The molecule has 0 N–H and O–H groups in total. The summed E-state index contributed by atoms with van der Waals surface area (Å²) in [5, 5.41) is 0.687. The Morgan fingerprint density at radius 3 is 3.00 bits per heavy atom. The van der Waals surface area contributed by atoms with Crippen molar-refractivity contribution in [2.24, 2.45) is 0 Å². The van der Waals surface area contributed by atoms with Crippen molar-refractivity contribution in [1.82, 2.24) is 0 Å². The highest BCUT2D eigenvalue weighted by molar-refractivity contribution is 6.30.